The molecule has 0 spiro atoms. The Bertz CT molecular complexity index is 2240. The number of nitrogens with zero attached hydrogens (tertiary/aromatic N) is 1. The van der Waals surface area contributed by atoms with Crippen LogP contribution in [0.15, 0.2) is 218 Å². The van der Waals surface area contributed by atoms with Crippen molar-refractivity contribution in [3.05, 3.63) is 224 Å². The summed E-state index contributed by atoms with van der Waals surface area (Å²) in [6.07, 6.45) is 2.34. The molecule has 0 radical (unpaired) electrons. The topological polar surface area (TPSA) is 3.24 Å². The smallest absolute Gasteiger partial charge is 0.172 e. The second kappa shape index (κ2) is 14.1. The fourth-order valence-electron chi connectivity index (χ4n) is 7.07. The molecule has 0 aliphatic heterocycles. The molecule has 0 atom stereocenters. The first kappa shape index (κ1) is 31.1. The van der Waals surface area contributed by atoms with Gasteiger partial charge in [0.15, 0.2) is 8.07 Å². The maximum Gasteiger partial charge on any atom is 0.172 e. The van der Waals surface area contributed by atoms with E-state index in [0.29, 0.717) is 0 Å². The van der Waals surface area contributed by atoms with Gasteiger partial charge in [-0.05, 0) is 85.5 Å². The molecule has 0 fully saturated rings. The summed E-state index contributed by atoms with van der Waals surface area (Å²) >= 11 is 0. The fourth-order valence-corrected chi connectivity index (χ4v) is 11.2. The van der Waals surface area contributed by atoms with Crippen LogP contribution in [0.25, 0.3) is 28.0 Å². The molecule has 0 aliphatic rings. The van der Waals surface area contributed by atoms with Crippen molar-refractivity contribution in [1.82, 2.24) is 0 Å². The highest BCUT2D eigenvalue weighted by Gasteiger charge is 2.36. The zero-order valence-corrected chi connectivity index (χ0v) is 28.8. The first-order valence-electron chi connectivity index (χ1n) is 17.2. The number of rotatable bonds is 9. The molecular formula is C48H37NSi. The summed E-state index contributed by atoms with van der Waals surface area (Å²) in [6, 6.07) is 76.8. The number of benzene rings is 8. The predicted octanol–water partition coefficient (Wildman–Crippen LogP) is 10.7. The monoisotopic (exact) mass is 655 g/mol. The average Bonchev–Trinajstić information content (AvgIpc) is 3.20. The summed E-state index contributed by atoms with van der Waals surface area (Å²) in [5, 5.41) is 6.54. The van der Waals surface area contributed by atoms with Gasteiger partial charge in [0, 0.05) is 17.1 Å². The Hall–Kier alpha value is -6.22. The van der Waals surface area contributed by atoms with Crippen LogP contribution >= 0.6 is 0 Å². The van der Waals surface area contributed by atoms with E-state index in [9.17, 15) is 0 Å². The molecule has 50 heavy (non-hydrogen) atoms. The zero-order valence-electron chi connectivity index (χ0n) is 27.8. The highest BCUT2D eigenvalue weighted by atomic mass is 28.3. The molecular weight excluding hydrogens is 619 g/mol. The molecule has 0 amide bonds. The maximum atomic E-state index is 2.51. The lowest BCUT2D eigenvalue weighted by atomic mass is 10.0. The molecule has 0 unspecified atom stereocenters. The number of para-hydroxylation sites is 1. The van der Waals surface area contributed by atoms with Gasteiger partial charge in [-0.1, -0.05) is 182 Å². The van der Waals surface area contributed by atoms with Crippen molar-refractivity contribution < 1.29 is 0 Å². The van der Waals surface area contributed by atoms with Crippen molar-refractivity contribution in [2.75, 3.05) is 4.90 Å². The molecule has 0 bridgehead atoms. The summed E-state index contributed by atoms with van der Waals surface area (Å²) in [5.41, 5.74) is 9.52. The average molecular weight is 656 g/mol. The lowest BCUT2D eigenvalue weighted by molar-refractivity contribution is 1.29. The predicted molar refractivity (Wildman–Crippen MR) is 217 cm³/mol. The molecule has 0 aromatic heterocycles. The number of hydrogen-bond acceptors (Lipinski definition) is 1. The molecule has 0 aliphatic carbocycles. The maximum absolute atomic E-state index is 2.51. The summed E-state index contributed by atoms with van der Waals surface area (Å²) in [6.45, 7) is 0. The third-order valence-electron chi connectivity index (χ3n) is 9.57. The molecule has 2 heteroatoms. The lowest BCUT2D eigenvalue weighted by Crippen LogP contribution is -2.66. The van der Waals surface area contributed by atoms with Gasteiger partial charge in [0.25, 0.3) is 0 Å². The fraction of sp³-hybridized carbons (Fsp3) is 0. The van der Waals surface area contributed by atoms with Crippen molar-refractivity contribution in [3.63, 3.8) is 0 Å². The van der Waals surface area contributed by atoms with E-state index >= 15 is 0 Å². The van der Waals surface area contributed by atoms with E-state index in [-0.39, 0.29) is 0 Å². The second-order valence-electron chi connectivity index (χ2n) is 12.6. The van der Waals surface area contributed by atoms with Crippen molar-refractivity contribution in [1.29, 1.82) is 0 Å². The van der Waals surface area contributed by atoms with Gasteiger partial charge in [0.2, 0.25) is 0 Å². The van der Waals surface area contributed by atoms with Crippen LogP contribution in [0, 0.1) is 0 Å². The highest BCUT2D eigenvalue weighted by molar-refractivity contribution is 7.15. The Balaban J connectivity index is 1.18. The minimum absolute atomic E-state index is 1.12. The lowest BCUT2D eigenvalue weighted by Gasteiger charge is -2.30. The van der Waals surface area contributed by atoms with Crippen LogP contribution in [0.1, 0.15) is 5.56 Å². The highest BCUT2D eigenvalue weighted by Crippen LogP contribution is 2.37. The Labute approximate surface area is 296 Å². The van der Waals surface area contributed by atoms with Crippen molar-refractivity contribution >= 4 is 57.5 Å². The third kappa shape index (κ3) is 6.21. The van der Waals surface area contributed by atoms with Crippen molar-refractivity contribution in [2.45, 2.75) is 0 Å². The molecule has 0 saturated heterocycles. The van der Waals surface area contributed by atoms with Gasteiger partial charge >= 0.3 is 0 Å². The second-order valence-corrected chi connectivity index (χ2v) is 16.3. The van der Waals surface area contributed by atoms with E-state index in [1.54, 1.807) is 0 Å². The van der Waals surface area contributed by atoms with Crippen LogP contribution < -0.4 is 20.5 Å². The summed E-state index contributed by atoms with van der Waals surface area (Å²) < 4.78 is 0. The molecule has 0 saturated carbocycles. The van der Waals surface area contributed by atoms with Crippen LogP contribution in [0.2, 0.25) is 0 Å². The van der Waals surface area contributed by atoms with Crippen LogP contribution in [0.4, 0.5) is 17.1 Å². The molecule has 8 rings (SSSR count). The molecule has 0 heterocycles. The Morgan fingerprint density at radius 3 is 1.32 bits per heavy atom. The summed E-state index contributed by atoms with van der Waals surface area (Å²) in [7, 11) is -2.49. The van der Waals surface area contributed by atoms with Gasteiger partial charge in [-0.3, -0.25) is 0 Å². The minimum atomic E-state index is -2.49. The number of fused-ring (bicyclic) bond motifs is 1. The van der Waals surface area contributed by atoms with Crippen LogP contribution in [-0.4, -0.2) is 8.07 Å². The Morgan fingerprint density at radius 1 is 0.340 bits per heavy atom. The van der Waals surface area contributed by atoms with Crippen molar-refractivity contribution in [2.24, 2.45) is 0 Å². The van der Waals surface area contributed by atoms with Gasteiger partial charge in [-0.2, -0.15) is 0 Å². The van der Waals surface area contributed by atoms with E-state index in [4.69, 9.17) is 0 Å². The quantitative estimate of drug-likeness (QED) is 0.110. The van der Waals surface area contributed by atoms with E-state index in [0.717, 1.165) is 17.1 Å². The SMILES string of the molecule is C(=C[Si](c1ccccc1)(c1ccccc1)c1ccccc1)c1ccc2cc(N(c3ccccc3)c3ccc(-c4ccccc4)cc3)ccc2c1. The molecule has 238 valence electrons. The summed E-state index contributed by atoms with van der Waals surface area (Å²) in [5.74, 6) is 0. The normalized spacial score (nSPS) is 11.5. The number of hydrogen-bond donors (Lipinski definition) is 0. The van der Waals surface area contributed by atoms with Gasteiger partial charge in [0.05, 0.1) is 0 Å². The first-order chi connectivity index (χ1) is 24.8. The summed E-state index contributed by atoms with van der Waals surface area (Å²) in [4.78, 5) is 2.33. The molecule has 0 N–H and O–H groups in total. The minimum Gasteiger partial charge on any atom is -0.310 e. The Morgan fingerprint density at radius 2 is 0.760 bits per heavy atom. The van der Waals surface area contributed by atoms with Gasteiger partial charge < -0.3 is 4.90 Å². The third-order valence-corrected chi connectivity index (χ3v) is 14.0. The van der Waals surface area contributed by atoms with E-state index in [1.165, 1.54) is 43.0 Å². The molecule has 8 aromatic carbocycles. The molecule has 8 aromatic rings. The van der Waals surface area contributed by atoms with Gasteiger partial charge in [-0.25, -0.2) is 0 Å². The van der Waals surface area contributed by atoms with Crippen LogP contribution in [0.3, 0.4) is 0 Å². The standard InChI is InChI=1S/C48H37NSi/c1-6-16-39(17-7-1)40-28-31-44(32-29-40)49(43-18-8-2-9-19-43)45-33-30-41-36-38(26-27-42(41)37-45)34-35-50(46-20-10-3-11-21-46,47-22-12-4-13-23-47)48-24-14-5-15-25-48/h1-37H. The zero-order chi connectivity index (χ0) is 33.6. The van der Waals surface area contributed by atoms with Crippen molar-refractivity contribution in [3.8, 4) is 11.1 Å². The largest absolute Gasteiger partial charge is 0.310 e. The first-order valence-corrected chi connectivity index (χ1v) is 19.3. The molecule has 1 nitrogen and oxygen atoms in total. The van der Waals surface area contributed by atoms with Gasteiger partial charge in [0.1, 0.15) is 0 Å². The van der Waals surface area contributed by atoms with Gasteiger partial charge in [-0.15, -0.1) is 0 Å². The van der Waals surface area contributed by atoms with Crippen LogP contribution in [-0.2, 0) is 0 Å². The van der Waals surface area contributed by atoms with E-state index in [1.807, 2.05) is 0 Å². The van der Waals surface area contributed by atoms with Crippen LogP contribution in [0.5, 0.6) is 0 Å². The van der Waals surface area contributed by atoms with E-state index in [2.05, 4.69) is 229 Å². The van der Waals surface area contributed by atoms with E-state index < -0.39 is 8.07 Å². The number of anilines is 3. The Kier molecular flexibility index (Phi) is 8.76.